The molecule has 16 heavy (non-hydrogen) atoms. The fourth-order valence-electron chi connectivity index (χ4n) is 1.11. The van der Waals surface area contributed by atoms with Crippen molar-refractivity contribution < 1.29 is 19.5 Å². The molecule has 0 aromatic heterocycles. The Labute approximate surface area is 89.3 Å². The molecule has 0 fully saturated rings. The van der Waals surface area contributed by atoms with Crippen molar-refractivity contribution in [2.24, 2.45) is 0 Å². The second-order valence-electron chi connectivity index (χ2n) is 2.99. The normalized spacial score (nSPS) is 13.9. The van der Waals surface area contributed by atoms with Crippen LogP contribution in [-0.2, 0) is 0 Å². The molecule has 0 aliphatic rings. The summed E-state index contributed by atoms with van der Waals surface area (Å²) in [5.41, 5.74) is -0.834. The number of nitriles is 1. The van der Waals surface area contributed by atoms with Crippen molar-refractivity contribution in [1.29, 1.82) is 5.26 Å². The van der Waals surface area contributed by atoms with Crippen LogP contribution in [-0.4, -0.2) is 21.2 Å². The van der Waals surface area contributed by atoms with Gasteiger partial charge in [0.15, 0.2) is 6.10 Å². The zero-order chi connectivity index (χ0) is 12.3. The van der Waals surface area contributed by atoms with Gasteiger partial charge >= 0.3 is 5.69 Å². The van der Waals surface area contributed by atoms with E-state index in [2.05, 4.69) is 0 Å². The van der Waals surface area contributed by atoms with Crippen LogP contribution in [0.3, 0.4) is 0 Å². The summed E-state index contributed by atoms with van der Waals surface area (Å²) >= 11 is 0. The summed E-state index contributed by atoms with van der Waals surface area (Å²) in [7, 11) is 0. The summed E-state index contributed by atoms with van der Waals surface area (Å²) in [6.07, 6.45) is -3.30. The van der Waals surface area contributed by atoms with E-state index in [1.807, 2.05) is 0 Å². The van der Waals surface area contributed by atoms with Crippen molar-refractivity contribution in [3.63, 3.8) is 0 Å². The molecule has 2 N–H and O–H groups in total. The summed E-state index contributed by atoms with van der Waals surface area (Å²) in [5.74, 6) is -1.13. The van der Waals surface area contributed by atoms with Gasteiger partial charge in [0.25, 0.3) is 0 Å². The molecule has 0 bridgehead atoms. The Morgan fingerprint density at radius 1 is 1.50 bits per heavy atom. The van der Waals surface area contributed by atoms with E-state index in [9.17, 15) is 19.6 Å². The number of aliphatic hydroxyl groups excluding tert-OH is 2. The number of nitrogens with zero attached hydrogens (tertiary/aromatic N) is 2. The summed E-state index contributed by atoms with van der Waals surface area (Å²) in [5, 5.41) is 36.9. The molecule has 1 aromatic carbocycles. The molecule has 84 valence electrons. The van der Waals surface area contributed by atoms with Crippen LogP contribution in [0.5, 0.6) is 0 Å². The summed E-state index contributed by atoms with van der Waals surface area (Å²) < 4.78 is 13.1. The number of hydrogen-bond donors (Lipinski definition) is 2. The Balaban J connectivity index is 3.07. The maximum Gasteiger partial charge on any atom is 0.304 e. The molecule has 0 saturated heterocycles. The maximum atomic E-state index is 13.1. The zero-order valence-corrected chi connectivity index (χ0v) is 7.87. The second-order valence-corrected chi connectivity index (χ2v) is 2.99. The average Bonchev–Trinajstić information content (AvgIpc) is 2.26. The minimum Gasteiger partial charge on any atom is -0.385 e. The Hall–Kier alpha value is -2.04. The number of nitro benzene ring substituents is 1. The predicted octanol–water partition coefficient (Wildman–Crippen LogP) is 0.652. The predicted molar refractivity (Wildman–Crippen MR) is 49.6 cm³/mol. The quantitative estimate of drug-likeness (QED) is 0.447. The third kappa shape index (κ3) is 2.31. The van der Waals surface area contributed by atoms with Crippen LogP contribution in [0.4, 0.5) is 10.1 Å². The molecule has 1 aromatic rings. The Bertz CT molecular complexity index is 457. The standard InChI is InChI=1S/C9H7FN2O4/c10-6-3-5(9(14)8(13)4-11)1-2-7(6)12(15)16/h1-3,8-9,13-14H. The highest BCUT2D eigenvalue weighted by Crippen LogP contribution is 2.23. The first-order valence-electron chi connectivity index (χ1n) is 4.17. The van der Waals surface area contributed by atoms with Crippen molar-refractivity contribution in [2.45, 2.75) is 12.2 Å². The number of benzene rings is 1. The monoisotopic (exact) mass is 226 g/mol. The Kier molecular flexibility index (Phi) is 3.50. The molecule has 2 atom stereocenters. The van der Waals surface area contributed by atoms with E-state index < -0.39 is 28.6 Å². The van der Waals surface area contributed by atoms with Crippen molar-refractivity contribution in [3.05, 3.63) is 39.7 Å². The van der Waals surface area contributed by atoms with Crippen LogP contribution in [0.25, 0.3) is 0 Å². The molecular formula is C9H7FN2O4. The van der Waals surface area contributed by atoms with E-state index in [0.29, 0.717) is 6.07 Å². The molecule has 0 aliphatic heterocycles. The molecule has 0 saturated carbocycles. The number of halogens is 1. The van der Waals surface area contributed by atoms with E-state index >= 15 is 0 Å². The minimum atomic E-state index is -1.71. The van der Waals surface area contributed by atoms with Gasteiger partial charge in [0.2, 0.25) is 5.82 Å². The number of aliphatic hydroxyl groups is 2. The van der Waals surface area contributed by atoms with Gasteiger partial charge in [-0.2, -0.15) is 9.65 Å². The maximum absolute atomic E-state index is 13.1. The molecule has 2 unspecified atom stereocenters. The molecule has 1 rings (SSSR count). The van der Waals surface area contributed by atoms with Crippen LogP contribution in [0.2, 0.25) is 0 Å². The van der Waals surface area contributed by atoms with E-state index in [1.165, 1.54) is 6.07 Å². The van der Waals surface area contributed by atoms with Gasteiger partial charge in [-0.15, -0.1) is 0 Å². The fraction of sp³-hybridized carbons (Fsp3) is 0.222. The van der Waals surface area contributed by atoms with Crippen LogP contribution >= 0.6 is 0 Å². The van der Waals surface area contributed by atoms with Gasteiger partial charge in [-0.05, 0) is 17.7 Å². The lowest BCUT2D eigenvalue weighted by molar-refractivity contribution is -0.387. The van der Waals surface area contributed by atoms with Crippen molar-refractivity contribution in [1.82, 2.24) is 0 Å². The molecule has 7 heteroatoms. The van der Waals surface area contributed by atoms with Gasteiger partial charge in [-0.3, -0.25) is 10.1 Å². The summed E-state index contributed by atoms with van der Waals surface area (Å²) in [6.45, 7) is 0. The lowest BCUT2D eigenvalue weighted by Gasteiger charge is -2.11. The lowest BCUT2D eigenvalue weighted by atomic mass is 10.0. The number of rotatable bonds is 3. The van der Waals surface area contributed by atoms with Crippen LogP contribution in [0, 0.1) is 27.3 Å². The van der Waals surface area contributed by atoms with Crippen molar-refractivity contribution in [3.8, 4) is 6.07 Å². The van der Waals surface area contributed by atoms with E-state index in [-0.39, 0.29) is 5.56 Å². The van der Waals surface area contributed by atoms with E-state index in [4.69, 9.17) is 10.4 Å². The van der Waals surface area contributed by atoms with E-state index in [0.717, 1.165) is 12.1 Å². The molecule has 0 radical (unpaired) electrons. The number of hydrogen-bond acceptors (Lipinski definition) is 5. The molecule has 0 amide bonds. The first kappa shape index (κ1) is 12.0. The highest BCUT2D eigenvalue weighted by molar-refractivity contribution is 5.36. The van der Waals surface area contributed by atoms with Gasteiger partial charge < -0.3 is 10.2 Å². The molecule has 0 aliphatic carbocycles. The van der Waals surface area contributed by atoms with Gasteiger partial charge in [0.05, 0.1) is 11.0 Å². The highest BCUT2D eigenvalue weighted by atomic mass is 19.1. The fourth-order valence-corrected chi connectivity index (χ4v) is 1.11. The molecule has 0 heterocycles. The van der Waals surface area contributed by atoms with Crippen LogP contribution in [0.1, 0.15) is 11.7 Å². The zero-order valence-electron chi connectivity index (χ0n) is 7.87. The van der Waals surface area contributed by atoms with Gasteiger partial charge in [-0.1, -0.05) is 0 Å². The smallest absolute Gasteiger partial charge is 0.304 e. The van der Waals surface area contributed by atoms with Gasteiger partial charge in [0, 0.05) is 6.07 Å². The SMILES string of the molecule is N#CC(O)C(O)c1ccc([N+](=O)[O-])c(F)c1. The Morgan fingerprint density at radius 2 is 2.12 bits per heavy atom. The Morgan fingerprint density at radius 3 is 2.56 bits per heavy atom. The first-order valence-corrected chi connectivity index (χ1v) is 4.17. The molecule has 0 spiro atoms. The first-order chi connectivity index (χ1) is 7.47. The van der Waals surface area contributed by atoms with Gasteiger partial charge in [0.1, 0.15) is 6.10 Å². The second kappa shape index (κ2) is 4.65. The van der Waals surface area contributed by atoms with Crippen molar-refractivity contribution >= 4 is 5.69 Å². The number of nitro groups is 1. The molecule has 6 nitrogen and oxygen atoms in total. The highest BCUT2D eigenvalue weighted by Gasteiger charge is 2.21. The third-order valence-electron chi connectivity index (χ3n) is 1.94. The third-order valence-corrected chi connectivity index (χ3v) is 1.94. The van der Waals surface area contributed by atoms with E-state index in [1.54, 1.807) is 0 Å². The van der Waals surface area contributed by atoms with Crippen molar-refractivity contribution in [2.75, 3.05) is 0 Å². The van der Waals surface area contributed by atoms with Gasteiger partial charge in [-0.25, -0.2) is 0 Å². The minimum absolute atomic E-state index is 0.0999. The topological polar surface area (TPSA) is 107 Å². The lowest BCUT2D eigenvalue weighted by Crippen LogP contribution is -2.16. The summed E-state index contributed by atoms with van der Waals surface area (Å²) in [4.78, 5) is 9.38. The summed E-state index contributed by atoms with van der Waals surface area (Å²) in [6, 6.07) is 4.02. The molecular weight excluding hydrogens is 219 g/mol. The average molecular weight is 226 g/mol. The van der Waals surface area contributed by atoms with Crippen LogP contribution in [0.15, 0.2) is 18.2 Å². The van der Waals surface area contributed by atoms with Crippen LogP contribution < -0.4 is 0 Å². The largest absolute Gasteiger partial charge is 0.385 e.